The van der Waals surface area contributed by atoms with Crippen LogP contribution in [0.25, 0.3) is 0 Å². The number of anilines is 1. The van der Waals surface area contributed by atoms with E-state index in [0.717, 1.165) is 17.0 Å². The van der Waals surface area contributed by atoms with Gasteiger partial charge in [0.15, 0.2) is 6.04 Å². The standard InChI is InChI=1S/C21H19Cl2N5O/c1-2-28(21(29)25-18-6-4-3-5-7-18)14-19(27-13-17(23)12-24-27)20(26-28)15-8-10-16(22)11-9-15/h3-13,19H,2,14H2,1H3/p+1. The Hall–Kier alpha value is -2.67. The zero-order valence-corrected chi connectivity index (χ0v) is 17.3. The highest BCUT2D eigenvalue weighted by Gasteiger charge is 2.48. The van der Waals surface area contributed by atoms with Gasteiger partial charge in [0.25, 0.3) is 0 Å². The molecule has 1 N–H and O–H groups in total. The van der Waals surface area contributed by atoms with Gasteiger partial charge in [-0.25, -0.2) is 4.79 Å². The third-order valence-electron chi connectivity index (χ3n) is 5.05. The van der Waals surface area contributed by atoms with Crippen LogP contribution in [0.1, 0.15) is 18.5 Å². The van der Waals surface area contributed by atoms with Gasteiger partial charge >= 0.3 is 6.03 Å². The summed E-state index contributed by atoms with van der Waals surface area (Å²) >= 11 is 12.2. The molecule has 4 rings (SSSR count). The van der Waals surface area contributed by atoms with E-state index in [1.54, 1.807) is 17.1 Å². The van der Waals surface area contributed by atoms with Gasteiger partial charge in [-0.15, -0.1) is 4.59 Å². The Bertz CT molecular complexity index is 1050. The summed E-state index contributed by atoms with van der Waals surface area (Å²) in [6.07, 6.45) is 3.34. The molecule has 6 nitrogen and oxygen atoms in total. The highest BCUT2D eigenvalue weighted by atomic mass is 35.5. The molecule has 0 fully saturated rings. The van der Waals surface area contributed by atoms with Gasteiger partial charge in [-0.3, -0.25) is 10.00 Å². The van der Waals surface area contributed by atoms with Gasteiger partial charge in [-0.05, 0) is 31.2 Å². The molecule has 0 saturated heterocycles. The first-order valence-electron chi connectivity index (χ1n) is 9.30. The van der Waals surface area contributed by atoms with E-state index in [0.29, 0.717) is 23.1 Å². The van der Waals surface area contributed by atoms with Crippen molar-refractivity contribution >= 4 is 40.6 Å². The van der Waals surface area contributed by atoms with Gasteiger partial charge < -0.3 is 0 Å². The number of carbonyl (C=O) groups excluding carboxylic acids is 1. The van der Waals surface area contributed by atoms with Gasteiger partial charge in [-0.2, -0.15) is 5.10 Å². The second-order valence-corrected chi connectivity index (χ2v) is 7.74. The first kappa shape index (κ1) is 19.6. The van der Waals surface area contributed by atoms with Crippen LogP contribution in [0.2, 0.25) is 10.0 Å². The highest BCUT2D eigenvalue weighted by molar-refractivity contribution is 6.31. The molecule has 1 aliphatic rings. The molecule has 3 aromatic rings. The van der Waals surface area contributed by atoms with Crippen molar-refractivity contribution in [3.8, 4) is 0 Å². The molecule has 0 saturated carbocycles. The van der Waals surface area contributed by atoms with Crippen molar-refractivity contribution in [1.29, 1.82) is 0 Å². The number of likely N-dealkylation sites (N-methyl/N-ethyl adjacent to an activating group) is 1. The largest absolute Gasteiger partial charge is 0.447 e. The van der Waals surface area contributed by atoms with Crippen molar-refractivity contribution in [3.63, 3.8) is 0 Å². The summed E-state index contributed by atoms with van der Waals surface area (Å²) in [6.45, 7) is 2.89. The lowest BCUT2D eigenvalue weighted by Crippen LogP contribution is -2.50. The number of nitrogens with one attached hydrogen (secondary N) is 1. The van der Waals surface area contributed by atoms with Crippen molar-refractivity contribution in [3.05, 3.63) is 82.6 Å². The molecular formula is C21H20Cl2N5O+. The van der Waals surface area contributed by atoms with Crippen molar-refractivity contribution in [2.75, 3.05) is 18.4 Å². The fourth-order valence-corrected chi connectivity index (χ4v) is 3.74. The van der Waals surface area contributed by atoms with E-state index in [1.165, 1.54) is 0 Å². The van der Waals surface area contributed by atoms with Crippen molar-refractivity contribution in [1.82, 2.24) is 9.78 Å². The maximum atomic E-state index is 13.3. The number of quaternary nitrogens is 1. The molecular weight excluding hydrogens is 409 g/mol. The number of amides is 2. The Morgan fingerprint density at radius 2 is 1.86 bits per heavy atom. The molecule has 2 amide bonds. The van der Waals surface area contributed by atoms with Crippen LogP contribution in [0.5, 0.6) is 0 Å². The number of benzene rings is 2. The van der Waals surface area contributed by atoms with Crippen LogP contribution in [0, 0.1) is 0 Å². The number of carbonyl (C=O) groups is 1. The summed E-state index contributed by atoms with van der Waals surface area (Å²) in [7, 11) is 0. The lowest BCUT2D eigenvalue weighted by molar-refractivity contribution is -0.848. The minimum absolute atomic E-state index is 0.0883. The lowest BCUT2D eigenvalue weighted by Gasteiger charge is -2.25. The third-order valence-corrected chi connectivity index (χ3v) is 5.49. The van der Waals surface area contributed by atoms with Crippen LogP contribution < -0.4 is 5.32 Å². The summed E-state index contributed by atoms with van der Waals surface area (Å²) in [5.74, 6) is 0. The molecule has 148 valence electrons. The van der Waals surface area contributed by atoms with E-state index in [2.05, 4.69) is 10.4 Å². The Balaban J connectivity index is 1.74. The van der Waals surface area contributed by atoms with E-state index in [9.17, 15) is 4.79 Å². The number of halogens is 2. The van der Waals surface area contributed by atoms with Crippen LogP contribution in [0.3, 0.4) is 0 Å². The van der Waals surface area contributed by atoms with E-state index in [-0.39, 0.29) is 16.7 Å². The smallest absolute Gasteiger partial charge is 0.273 e. The monoisotopic (exact) mass is 428 g/mol. The molecule has 29 heavy (non-hydrogen) atoms. The van der Waals surface area contributed by atoms with E-state index in [1.807, 2.05) is 61.5 Å². The molecule has 2 unspecified atom stereocenters. The zero-order valence-electron chi connectivity index (χ0n) is 15.8. The summed E-state index contributed by atoms with van der Waals surface area (Å²) in [5.41, 5.74) is 2.40. The molecule has 2 aromatic carbocycles. The molecule has 2 heterocycles. The van der Waals surface area contributed by atoms with E-state index < -0.39 is 0 Å². The Morgan fingerprint density at radius 3 is 2.48 bits per heavy atom. The topological polar surface area (TPSA) is 59.3 Å². The van der Waals surface area contributed by atoms with Crippen molar-refractivity contribution < 1.29 is 9.39 Å². The summed E-state index contributed by atoms with van der Waals surface area (Å²) in [4.78, 5) is 13.3. The minimum atomic E-state index is -0.231. The molecule has 8 heteroatoms. The first-order chi connectivity index (χ1) is 14.0. The maximum absolute atomic E-state index is 13.3. The number of aromatic nitrogens is 2. The fourth-order valence-electron chi connectivity index (χ4n) is 3.47. The lowest BCUT2D eigenvalue weighted by atomic mass is 10.0. The highest BCUT2D eigenvalue weighted by Crippen LogP contribution is 2.31. The van der Waals surface area contributed by atoms with Crippen molar-refractivity contribution in [2.45, 2.75) is 13.0 Å². The average Bonchev–Trinajstić information content (AvgIpc) is 3.34. The number of hydrogen-bond acceptors (Lipinski definition) is 3. The Morgan fingerprint density at radius 1 is 1.14 bits per heavy atom. The van der Waals surface area contributed by atoms with Gasteiger partial charge in [-0.1, -0.05) is 58.6 Å². The Labute approximate surface area is 178 Å². The van der Waals surface area contributed by atoms with E-state index >= 15 is 0 Å². The third kappa shape index (κ3) is 3.92. The number of nitrogens with zero attached hydrogens (tertiary/aromatic N) is 4. The quantitative estimate of drug-likeness (QED) is 0.579. The molecule has 0 spiro atoms. The predicted octanol–water partition coefficient (Wildman–Crippen LogP) is 5.22. The second kappa shape index (κ2) is 7.99. The van der Waals surface area contributed by atoms with Crippen LogP contribution in [0.4, 0.5) is 10.5 Å². The van der Waals surface area contributed by atoms with Crippen molar-refractivity contribution in [2.24, 2.45) is 5.10 Å². The van der Waals surface area contributed by atoms with Crippen LogP contribution in [-0.4, -0.2) is 39.2 Å². The number of hydrogen-bond donors (Lipinski definition) is 1. The van der Waals surface area contributed by atoms with Gasteiger partial charge in [0.2, 0.25) is 0 Å². The minimum Gasteiger partial charge on any atom is -0.273 e. The average molecular weight is 429 g/mol. The molecule has 2 atom stereocenters. The van der Waals surface area contributed by atoms with Crippen LogP contribution in [0.15, 0.2) is 72.1 Å². The van der Waals surface area contributed by atoms with E-state index in [4.69, 9.17) is 28.3 Å². The molecule has 0 bridgehead atoms. The molecule has 0 radical (unpaired) electrons. The number of para-hydroxylation sites is 1. The number of rotatable bonds is 4. The van der Waals surface area contributed by atoms with Gasteiger partial charge in [0.05, 0.1) is 11.2 Å². The summed E-state index contributed by atoms with van der Waals surface area (Å²) in [6, 6.07) is 16.4. The van der Waals surface area contributed by atoms with Gasteiger partial charge in [0, 0.05) is 22.5 Å². The fraction of sp³-hybridized carbons (Fsp3) is 0.190. The molecule has 1 aliphatic heterocycles. The number of urea groups is 1. The predicted molar refractivity (Wildman–Crippen MR) is 115 cm³/mol. The first-order valence-corrected chi connectivity index (χ1v) is 10.1. The Kier molecular flexibility index (Phi) is 5.41. The maximum Gasteiger partial charge on any atom is 0.447 e. The SMILES string of the molecule is CC[N+]1(C(=O)Nc2ccccc2)CC(n2cc(Cl)cn2)C(c2ccc(Cl)cc2)=N1. The van der Waals surface area contributed by atoms with Gasteiger partial charge in [0.1, 0.15) is 18.8 Å². The second-order valence-electron chi connectivity index (χ2n) is 6.86. The van der Waals surface area contributed by atoms with Crippen LogP contribution >= 0.6 is 23.2 Å². The summed E-state index contributed by atoms with van der Waals surface area (Å²) in [5, 5.41) is 13.4. The molecule has 0 aliphatic carbocycles. The normalized spacial score (nSPS) is 21.1. The molecule has 1 aromatic heterocycles. The zero-order chi connectivity index (χ0) is 20.4. The summed E-state index contributed by atoms with van der Waals surface area (Å²) < 4.78 is 1.68. The van der Waals surface area contributed by atoms with Crippen LogP contribution in [-0.2, 0) is 0 Å².